The average Bonchev–Trinajstić information content (AvgIpc) is 3.11. The quantitative estimate of drug-likeness (QED) is 0.606. The van der Waals surface area contributed by atoms with E-state index >= 15 is 0 Å². The van der Waals surface area contributed by atoms with Crippen LogP contribution in [-0.4, -0.2) is 16.2 Å². The molecule has 0 aliphatic rings. The number of benzene rings is 1. The van der Waals surface area contributed by atoms with Gasteiger partial charge in [0.1, 0.15) is 17.1 Å². The van der Waals surface area contributed by atoms with Crippen molar-refractivity contribution in [1.29, 1.82) is 0 Å². The summed E-state index contributed by atoms with van der Waals surface area (Å²) in [5.74, 6) is 1.67. The zero-order valence-electron chi connectivity index (χ0n) is 12.0. The fraction of sp³-hybridized carbons (Fsp3) is 0.312. The minimum atomic E-state index is -0.170. The Labute approximate surface area is 133 Å². The molecule has 21 heavy (non-hydrogen) atoms. The molecular weight excluding hydrogens is 304 g/mol. The van der Waals surface area contributed by atoms with Gasteiger partial charge in [-0.15, -0.1) is 11.6 Å². The Morgan fingerprint density at radius 2 is 2.24 bits per heavy atom. The second kappa shape index (κ2) is 6.08. The molecule has 1 aromatic carbocycles. The summed E-state index contributed by atoms with van der Waals surface area (Å²) in [5, 5.41) is 3.99. The number of ether oxygens (including phenoxy) is 1. The second-order valence-corrected chi connectivity index (χ2v) is 6.31. The maximum atomic E-state index is 6.33. The Kier molecular flexibility index (Phi) is 4.17. The highest BCUT2D eigenvalue weighted by Crippen LogP contribution is 2.33. The first-order valence-electron chi connectivity index (χ1n) is 7.03. The van der Waals surface area contributed by atoms with E-state index in [1.165, 1.54) is 0 Å². The van der Waals surface area contributed by atoms with Crippen LogP contribution in [0.3, 0.4) is 0 Å². The second-order valence-electron chi connectivity index (χ2n) is 4.88. The highest BCUT2D eigenvalue weighted by atomic mass is 35.5. The molecule has 0 aliphatic carbocycles. The molecular formula is C16H17ClN2OS. The lowest BCUT2D eigenvalue weighted by atomic mass is 10.3. The van der Waals surface area contributed by atoms with Gasteiger partial charge in [0.25, 0.3) is 0 Å². The van der Waals surface area contributed by atoms with Gasteiger partial charge in [0.15, 0.2) is 0 Å². The predicted molar refractivity (Wildman–Crippen MR) is 89.0 cm³/mol. The Hall–Kier alpha value is -1.52. The van der Waals surface area contributed by atoms with E-state index in [9.17, 15) is 0 Å². The van der Waals surface area contributed by atoms with Gasteiger partial charge in [0, 0.05) is 5.38 Å². The van der Waals surface area contributed by atoms with E-state index in [0.29, 0.717) is 6.61 Å². The molecule has 0 saturated carbocycles. The van der Waals surface area contributed by atoms with Crippen LogP contribution in [0.5, 0.6) is 5.75 Å². The molecule has 0 fully saturated rings. The number of alkyl halides is 1. The van der Waals surface area contributed by atoms with Crippen LogP contribution in [0.1, 0.15) is 31.5 Å². The fourth-order valence-electron chi connectivity index (χ4n) is 2.34. The number of aromatic nitrogens is 2. The van der Waals surface area contributed by atoms with Gasteiger partial charge in [-0.1, -0.05) is 13.0 Å². The lowest BCUT2D eigenvalue weighted by molar-refractivity contribution is 0.320. The van der Waals surface area contributed by atoms with Crippen molar-refractivity contribution in [3.8, 4) is 11.4 Å². The molecule has 3 rings (SSSR count). The Bertz CT molecular complexity index is 734. The number of thiophene rings is 1. The summed E-state index contributed by atoms with van der Waals surface area (Å²) >= 11 is 7.99. The number of nitrogens with zero attached hydrogens (tertiary/aromatic N) is 2. The van der Waals surface area contributed by atoms with Gasteiger partial charge in [-0.05, 0) is 36.9 Å². The maximum absolute atomic E-state index is 6.33. The molecule has 2 heterocycles. The molecule has 0 N–H and O–H groups in total. The van der Waals surface area contributed by atoms with E-state index < -0.39 is 0 Å². The summed E-state index contributed by atoms with van der Waals surface area (Å²) < 4.78 is 7.93. The Balaban J connectivity index is 2.22. The highest BCUT2D eigenvalue weighted by Gasteiger charge is 2.18. The molecule has 0 aliphatic heterocycles. The van der Waals surface area contributed by atoms with Gasteiger partial charge >= 0.3 is 0 Å². The topological polar surface area (TPSA) is 27.1 Å². The largest absolute Gasteiger partial charge is 0.491 e. The molecule has 0 radical (unpaired) electrons. The normalized spacial score (nSPS) is 12.7. The molecule has 3 nitrogen and oxygen atoms in total. The van der Waals surface area contributed by atoms with E-state index in [2.05, 4.69) is 34.4 Å². The fourth-order valence-corrected chi connectivity index (χ4v) is 3.11. The number of para-hydroxylation sites is 1. The van der Waals surface area contributed by atoms with Crippen LogP contribution in [0.25, 0.3) is 16.7 Å². The third kappa shape index (κ3) is 2.65. The molecule has 0 saturated heterocycles. The summed E-state index contributed by atoms with van der Waals surface area (Å²) in [6.45, 7) is 4.73. The molecule has 0 bridgehead atoms. The summed E-state index contributed by atoms with van der Waals surface area (Å²) in [6, 6.07) is 8.10. The number of hydrogen-bond acceptors (Lipinski definition) is 3. The van der Waals surface area contributed by atoms with E-state index in [0.717, 1.165) is 34.7 Å². The third-order valence-corrected chi connectivity index (χ3v) is 4.12. The van der Waals surface area contributed by atoms with Crippen LogP contribution < -0.4 is 4.74 Å². The first kappa shape index (κ1) is 14.4. The molecule has 0 spiro atoms. The first-order chi connectivity index (χ1) is 10.2. The van der Waals surface area contributed by atoms with Crippen molar-refractivity contribution in [3.63, 3.8) is 0 Å². The maximum Gasteiger partial charge on any atom is 0.147 e. The van der Waals surface area contributed by atoms with Gasteiger partial charge in [0.05, 0.1) is 23.2 Å². The predicted octanol–water partition coefficient (Wildman–Crippen LogP) is 5.18. The summed E-state index contributed by atoms with van der Waals surface area (Å²) in [4.78, 5) is 4.73. The van der Waals surface area contributed by atoms with Crippen molar-refractivity contribution in [1.82, 2.24) is 9.55 Å². The monoisotopic (exact) mass is 320 g/mol. The summed E-state index contributed by atoms with van der Waals surface area (Å²) in [6.07, 6.45) is 0.973. The SMILES string of the molecule is CCCOc1cccc2c1nc(C(C)Cl)n2-c1ccsc1. The molecule has 2 aromatic heterocycles. The molecule has 0 amide bonds. The smallest absolute Gasteiger partial charge is 0.147 e. The van der Waals surface area contributed by atoms with Crippen molar-refractivity contribution >= 4 is 34.0 Å². The van der Waals surface area contributed by atoms with Gasteiger partial charge in [0.2, 0.25) is 0 Å². The van der Waals surface area contributed by atoms with Gasteiger partial charge < -0.3 is 4.74 Å². The lowest BCUT2D eigenvalue weighted by Crippen LogP contribution is -2.00. The highest BCUT2D eigenvalue weighted by molar-refractivity contribution is 7.08. The summed E-state index contributed by atoms with van der Waals surface area (Å²) in [7, 11) is 0. The van der Waals surface area contributed by atoms with Crippen molar-refractivity contribution in [2.24, 2.45) is 0 Å². The molecule has 1 atom stereocenters. The van der Waals surface area contributed by atoms with Crippen LogP contribution >= 0.6 is 22.9 Å². The minimum absolute atomic E-state index is 0.170. The van der Waals surface area contributed by atoms with Crippen LogP contribution in [0.4, 0.5) is 0 Å². The summed E-state index contributed by atoms with van der Waals surface area (Å²) in [5.41, 5.74) is 3.00. The van der Waals surface area contributed by atoms with Gasteiger partial charge in [-0.2, -0.15) is 11.3 Å². The zero-order valence-corrected chi connectivity index (χ0v) is 13.6. The average molecular weight is 321 g/mol. The van der Waals surface area contributed by atoms with Gasteiger partial charge in [-0.25, -0.2) is 4.98 Å². The standard InChI is InChI=1S/C16H17ClN2OS/c1-3-8-20-14-6-4-5-13-15(14)18-16(11(2)17)19(13)12-7-9-21-10-12/h4-7,9-11H,3,8H2,1-2H3. The van der Waals surface area contributed by atoms with Crippen LogP contribution in [-0.2, 0) is 0 Å². The number of rotatable bonds is 5. The zero-order chi connectivity index (χ0) is 14.8. The van der Waals surface area contributed by atoms with E-state index in [-0.39, 0.29) is 5.38 Å². The molecule has 5 heteroatoms. The van der Waals surface area contributed by atoms with E-state index in [1.54, 1.807) is 11.3 Å². The van der Waals surface area contributed by atoms with Crippen LogP contribution in [0.15, 0.2) is 35.0 Å². The molecule has 1 unspecified atom stereocenters. The number of imidazole rings is 1. The van der Waals surface area contributed by atoms with Crippen LogP contribution in [0, 0.1) is 0 Å². The first-order valence-corrected chi connectivity index (χ1v) is 8.41. The minimum Gasteiger partial charge on any atom is -0.491 e. The third-order valence-electron chi connectivity index (χ3n) is 3.26. The van der Waals surface area contributed by atoms with Crippen molar-refractivity contribution in [2.75, 3.05) is 6.61 Å². The van der Waals surface area contributed by atoms with E-state index in [4.69, 9.17) is 21.3 Å². The van der Waals surface area contributed by atoms with E-state index in [1.807, 2.05) is 19.1 Å². The van der Waals surface area contributed by atoms with Crippen molar-refractivity contribution in [3.05, 3.63) is 40.8 Å². The van der Waals surface area contributed by atoms with Gasteiger partial charge in [-0.3, -0.25) is 4.57 Å². The molecule has 3 aromatic rings. The Morgan fingerprint density at radius 3 is 2.90 bits per heavy atom. The lowest BCUT2D eigenvalue weighted by Gasteiger charge is -2.08. The number of hydrogen-bond donors (Lipinski definition) is 0. The van der Waals surface area contributed by atoms with Crippen molar-refractivity contribution in [2.45, 2.75) is 25.6 Å². The number of fused-ring (bicyclic) bond motifs is 1. The van der Waals surface area contributed by atoms with Crippen molar-refractivity contribution < 1.29 is 4.74 Å². The van der Waals surface area contributed by atoms with Crippen LogP contribution in [0.2, 0.25) is 0 Å². The molecule has 110 valence electrons. The number of halogens is 1. The Morgan fingerprint density at radius 1 is 1.38 bits per heavy atom.